The van der Waals surface area contributed by atoms with Gasteiger partial charge in [0.2, 0.25) is 15.9 Å². The quantitative estimate of drug-likeness (QED) is 0.569. The first-order valence-corrected chi connectivity index (χ1v) is 12.6. The van der Waals surface area contributed by atoms with Crippen LogP contribution in [0.15, 0.2) is 44.8 Å². The molecule has 0 N–H and O–H groups in total. The zero-order valence-corrected chi connectivity index (χ0v) is 19.3. The number of aromatic nitrogens is 1. The predicted octanol–water partition coefficient (Wildman–Crippen LogP) is 3.69. The standard InChI is InChI=1S/C21H29N3O4S2/c1-16-9-10-18(28-16)14-23(2)21(25)15-29-20-12-11-19(13-22-20)30(26,27)24(3)17-7-5-4-6-8-17/h9-13,17H,4-8,14-15H2,1-3H3. The fraction of sp³-hybridized carbons (Fsp3) is 0.524. The van der Waals surface area contributed by atoms with Gasteiger partial charge in [0, 0.05) is 26.3 Å². The van der Waals surface area contributed by atoms with E-state index in [1.165, 1.54) is 28.7 Å². The molecule has 0 aromatic carbocycles. The van der Waals surface area contributed by atoms with Crippen molar-refractivity contribution in [3.05, 3.63) is 42.0 Å². The molecule has 0 spiro atoms. The highest BCUT2D eigenvalue weighted by Gasteiger charge is 2.29. The number of aryl methyl sites for hydroxylation is 1. The number of carbonyl (C=O) groups is 1. The van der Waals surface area contributed by atoms with Crippen molar-refractivity contribution in [2.45, 2.75) is 61.5 Å². The maximum Gasteiger partial charge on any atom is 0.244 e. The second-order valence-corrected chi connectivity index (χ2v) is 10.7. The summed E-state index contributed by atoms with van der Waals surface area (Å²) in [5.74, 6) is 1.72. The molecule has 0 radical (unpaired) electrons. The Bertz CT molecular complexity index is 951. The normalized spacial score (nSPS) is 15.5. The van der Waals surface area contributed by atoms with Crippen LogP contribution in [-0.4, -0.2) is 54.4 Å². The lowest BCUT2D eigenvalue weighted by Gasteiger charge is -2.30. The summed E-state index contributed by atoms with van der Waals surface area (Å²) in [5, 5.41) is 0.616. The highest BCUT2D eigenvalue weighted by Crippen LogP contribution is 2.27. The van der Waals surface area contributed by atoms with E-state index in [-0.39, 0.29) is 22.6 Å². The number of pyridine rings is 1. The Morgan fingerprint density at radius 2 is 1.90 bits per heavy atom. The molecule has 30 heavy (non-hydrogen) atoms. The lowest BCUT2D eigenvalue weighted by atomic mass is 9.96. The van der Waals surface area contributed by atoms with E-state index in [9.17, 15) is 13.2 Å². The smallest absolute Gasteiger partial charge is 0.244 e. The molecule has 0 aliphatic heterocycles. The molecule has 0 bridgehead atoms. The zero-order chi connectivity index (χ0) is 21.7. The van der Waals surface area contributed by atoms with Gasteiger partial charge in [-0.25, -0.2) is 13.4 Å². The molecule has 0 atom stereocenters. The lowest BCUT2D eigenvalue weighted by Crippen LogP contribution is -2.38. The Kier molecular flexibility index (Phi) is 7.60. The second kappa shape index (κ2) is 9.98. The third-order valence-electron chi connectivity index (χ3n) is 5.43. The Hall–Kier alpha value is -1.84. The largest absolute Gasteiger partial charge is 0.464 e. The number of rotatable bonds is 8. The highest BCUT2D eigenvalue weighted by atomic mass is 32.2. The summed E-state index contributed by atoms with van der Waals surface area (Å²) in [6, 6.07) is 7.02. The summed E-state index contributed by atoms with van der Waals surface area (Å²) in [6.07, 6.45) is 6.51. The van der Waals surface area contributed by atoms with Crippen molar-refractivity contribution in [3.8, 4) is 0 Å². The molecule has 1 fully saturated rings. The fourth-order valence-electron chi connectivity index (χ4n) is 3.55. The van der Waals surface area contributed by atoms with Crippen LogP contribution in [0.3, 0.4) is 0 Å². The third-order valence-corrected chi connectivity index (χ3v) is 8.26. The van der Waals surface area contributed by atoms with E-state index in [4.69, 9.17) is 4.42 Å². The van der Waals surface area contributed by atoms with Gasteiger partial charge in [-0.2, -0.15) is 4.31 Å². The van der Waals surface area contributed by atoms with Gasteiger partial charge in [0.05, 0.1) is 17.3 Å². The van der Waals surface area contributed by atoms with Crippen molar-refractivity contribution in [2.75, 3.05) is 19.8 Å². The summed E-state index contributed by atoms with van der Waals surface area (Å²) in [6.45, 7) is 2.27. The summed E-state index contributed by atoms with van der Waals surface area (Å²) < 4.78 is 32.8. The van der Waals surface area contributed by atoms with Gasteiger partial charge in [-0.1, -0.05) is 31.0 Å². The monoisotopic (exact) mass is 451 g/mol. The van der Waals surface area contributed by atoms with Crippen molar-refractivity contribution in [1.82, 2.24) is 14.2 Å². The van der Waals surface area contributed by atoms with Crippen molar-refractivity contribution in [2.24, 2.45) is 0 Å². The van der Waals surface area contributed by atoms with Crippen molar-refractivity contribution >= 4 is 27.7 Å². The predicted molar refractivity (Wildman–Crippen MR) is 117 cm³/mol. The fourth-order valence-corrected chi connectivity index (χ4v) is 5.69. The summed E-state index contributed by atoms with van der Waals surface area (Å²) in [7, 11) is -0.174. The van der Waals surface area contributed by atoms with E-state index >= 15 is 0 Å². The maximum absolute atomic E-state index is 12.9. The molecule has 2 heterocycles. The molecule has 3 rings (SSSR count). The number of carbonyl (C=O) groups excluding carboxylic acids is 1. The summed E-state index contributed by atoms with van der Waals surface area (Å²) in [5.41, 5.74) is 0. The molecule has 7 nitrogen and oxygen atoms in total. The number of furan rings is 1. The Balaban J connectivity index is 1.55. The molecule has 164 valence electrons. The van der Waals surface area contributed by atoms with E-state index in [0.29, 0.717) is 11.6 Å². The number of hydrogen-bond acceptors (Lipinski definition) is 6. The van der Waals surface area contributed by atoms with E-state index < -0.39 is 10.0 Å². The Morgan fingerprint density at radius 3 is 2.50 bits per heavy atom. The van der Waals surface area contributed by atoms with Crippen LogP contribution in [0.1, 0.15) is 43.6 Å². The van der Waals surface area contributed by atoms with Crippen LogP contribution < -0.4 is 0 Å². The van der Waals surface area contributed by atoms with Gasteiger partial charge in [-0.3, -0.25) is 4.79 Å². The van der Waals surface area contributed by atoms with Gasteiger partial charge in [0.15, 0.2) is 0 Å². The first kappa shape index (κ1) is 22.8. The summed E-state index contributed by atoms with van der Waals surface area (Å²) >= 11 is 1.29. The molecule has 0 saturated heterocycles. The molecule has 2 aromatic heterocycles. The SMILES string of the molecule is Cc1ccc(CN(C)C(=O)CSc2ccc(S(=O)(=O)N(C)C3CCCCC3)cn2)o1. The van der Waals surface area contributed by atoms with Gasteiger partial charge < -0.3 is 9.32 Å². The number of hydrogen-bond donors (Lipinski definition) is 0. The van der Waals surface area contributed by atoms with Crippen LogP contribution in [0, 0.1) is 6.92 Å². The van der Waals surface area contributed by atoms with Crippen LogP contribution in [0.4, 0.5) is 0 Å². The number of nitrogens with zero attached hydrogens (tertiary/aromatic N) is 3. The molecule has 2 aromatic rings. The van der Waals surface area contributed by atoms with Crippen molar-refractivity contribution < 1.29 is 17.6 Å². The molecule has 9 heteroatoms. The minimum Gasteiger partial charge on any atom is -0.464 e. The highest BCUT2D eigenvalue weighted by molar-refractivity contribution is 7.99. The molecule has 1 amide bonds. The first-order valence-electron chi connectivity index (χ1n) is 10.1. The molecular weight excluding hydrogens is 422 g/mol. The van der Waals surface area contributed by atoms with Crippen molar-refractivity contribution in [1.29, 1.82) is 0 Å². The van der Waals surface area contributed by atoms with Crippen LogP contribution in [-0.2, 0) is 21.4 Å². The minimum absolute atomic E-state index is 0.0513. The third kappa shape index (κ3) is 5.65. The van der Waals surface area contributed by atoms with Crippen molar-refractivity contribution in [3.63, 3.8) is 0 Å². The second-order valence-electron chi connectivity index (χ2n) is 7.70. The van der Waals surface area contributed by atoms with E-state index in [1.807, 2.05) is 19.1 Å². The topological polar surface area (TPSA) is 83.7 Å². The number of thioether (sulfide) groups is 1. The maximum atomic E-state index is 12.9. The Morgan fingerprint density at radius 1 is 1.17 bits per heavy atom. The molecule has 1 aliphatic rings. The molecule has 1 saturated carbocycles. The molecular formula is C21H29N3O4S2. The zero-order valence-electron chi connectivity index (χ0n) is 17.7. The van der Waals surface area contributed by atoms with Gasteiger partial charge in [-0.05, 0) is 44.0 Å². The Labute approximate surface area is 182 Å². The van der Waals surface area contributed by atoms with Crippen LogP contribution in [0.2, 0.25) is 0 Å². The molecule has 0 unspecified atom stereocenters. The van der Waals surface area contributed by atoms with Gasteiger partial charge in [-0.15, -0.1) is 0 Å². The van der Waals surface area contributed by atoms with Crippen LogP contribution >= 0.6 is 11.8 Å². The van der Waals surface area contributed by atoms with Gasteiger partial charge in [0.1, 0.15) is 16.4 Å². The lowest BCUT2D eigenvalue weighted by molar-refractivity contribution is -0.127. The van der Waals surface area contributed by atoms with Gasteiger partial charge >= 0.3 is 0 Å². The van der Waals surface area contributed by atoms with Crippen LogP contribution in [0.25, 0.3) is 0 Å². The first-order chi connectivity index (χ1) is 14.3. The number of amides is 1. The average Bonchev–Trinajstić information content (AvgIpc) is 3.16. The summed E-state index contributed by atoms with van der Waals surface area (Å²) in [4.78, 5) is 18.4. The average molecular weight is 452 g/mol. The number of sulfonamides is 1. The van der Waals surface area contributed by atoms with Gasteiger partial charge in [0.25, 0.3) is 0 Å². The van der Waals surface area contributed by atoms with E-state index in [2.05, 4.69) is 4.98 Å². The van der Waals surface area contributed by atoms with E-state index in [1.54, 1.807) is 31.1 Å². The van der Waals surface area contributed by atoms with Crippen LogP contribution in [0.5, 0.6) is 0 Å². The molecule has 1 aliphatic carbocycles. The minimum atomic E-state index is -3.56. The van der Waals surface area contributed by atoms with E-state index in [0.717, 1.165) is 37.2 Å².